The van der Waals surface area contributed by atoms with Crippen molar-refractivity contribution in [2.24, 2.45) is 5.14 Å². The van der Waals surface area contributed by atoms with Crippen molar-refractivity contribution in [3.05, 3.63) is 41.2 Å². The van der Waals surface area contributed by atoms with Gasteiger partial charge in [-0.05, 0) is 32.0 Å². The van der Waals surface area contributed by atoms with E-state index in [2.05, 4.69) is 10.4 Å². The molecule has 2 rings (SSSR count). The van der Waals surface area contributed by atoms with Gasteiger partial charge in [0.15, 0.2) is 0 Å². The molecule has 3 N–H and O–H groups in total. The lowest BCUT2D eigenvalue weighted by molar-refractivity contribution is 0.220. The normalized spacial score (nSPS) is 11.6. The largest absolute Gasteiger partial charge is 0.323 e. The van der Waals surface area contributed by atoms with Gasteiger partial charge in [0.2, 0.25) is 10.0 Å². The predicted molar refractivity (Wildman–Crippen MR) is 95.9 cm³/mol. The zero-order valence-corrected chi connectivity index (χ0v) is 15.7. The van der Waals surface area contributed by atoms with Crippen LogP contribution in [0, 0.1) is 0 Å². The van der Waals surface area contributed by atoms with E-state index in [0.717, 1.165) is 5.56 Å². The highest BCUT2D eigenvalue weighted by atomic mass is 35.5. The summed E-state index contributed by atoms with van der Waals surface area (Å²) >= 11 is 6.01. The van der Waals surface area contributed by atoms with E-state index in [9.17, 15) is 13.2 Å². The molecule has 136 valence electrons. The number of nitrogens with zero attached hydrogens (tertiary/aromatic N) is 3. The molecule has 10 heteroatoms. The highest BCUT2D eigenvalue weighted by Gasteiger charge is 2.15. The Labute approximate surface area is 151 Å². The summed E-state index contributed by atoms with van der Waals surface area (Å²) in [5.74, 6) is 0. The van der Waals surface area contributed by atoms with Crippen molar-refractivity contribution in [3.8, 4) is 0 Å². The molecule has 0 saturated carbocycles. The number of carbonyl (C=O) groups excluding carboxylic acids is 1. The maximum Gasteiger partial charge on any atom is 0.321 e. The number of sulfonamides is 1. The fourth-order valence-corrected chi connectivity index (χ4v) is 2.78. The second-order valence-corrected chi connectivity index (χ2v) is 7.86. The number of nitrogens with one attached hydrogen (secondary N) is 1. The summed E-state index contributed by atoms with van der Waals surface area (Å²) in [6.45, 7) is 4.35. The predicted octanol–water partition coefficient (Wildman–Crippen LogP) is 2.43. The number of halogens is 1. The quantitative estimate of drug-likeness (QED) is 0.823. The molecule has 0 aliphatic heterocycles. The number of anilines is 1. The molecule has 0 bridgehead atoms. The summed E-state index contributed by atoms with van der Waals surface area (Å²) in [7, 11) is -2.28. The average Bonchev–Trinajstić information content (AvgIpc) is 2.97. The van der Waals surface area contributed by atoms with E-state index < -0.39 is 16.1 Å². The first-order chi connectivity index (χ1) is 11.6. The van der Waals surface area contributed by atoms with Crippen LogP contribution in [0.25, 0.3) is 0 Å². The van der Waals surface area contributed by atoms with Crippen molar-refractivity contribution in [2.75, 3.05) is 12.4 Å². The van der Waals surface area contributed by atoms with E-state index in [-0.39, 0.29) is 21.6 Å². The van der Waals surface area contributed by atoms with Gasteiger partial charge in [0, 0.05) is 24.8 Å². The number of hydrogen-bond donors (Lipinski definition) is 2. The van der Waals surface area contributed by atoms with Crippen LogP contribution in [0.4, 0.5) is 10.5 Å². The minimum Gasteiger partial charge on any atom is -0.323 e. The van der Waals surface area contributed by atoms with Crippen LogP contribution >= 0.6 is 11.6 Å². The molecule has 0 atom stereocenters. The number of amides is 2. The van der Waals surface area contributed by atoms with Gasteiger partial charge in [-0.3, -0.25) is 4.68 Å². The molecule has 2 amide bonds. The summed E-state index contributed by atoms with van der Waals surface area (Å²) in [6.07, 6.45) is 3.56. The van der Waals surface area contributed by atoms with Gasteiger partial charge >= 0.3 is 6.03 Å². The molecule has 2 aromatic rings. The van der Waals surface area contributed by atoms with Crippen molar-refractivity contribution in [3.63, 3.8) is 0 Å². The van der Waals surface area contributed by atoms with Crippen LogP contribution < -0.4 is 10.5 Å². The first kappa shape index (κ1) is 19.2. The highest BCUT2D eigenvalue weighted by Crippen LogP contribution is 2.25. The second-order valence-electron chi connectivity index (χ2n) is 5.90. The summed E-state index contributed by atoms with van der Waals surface area (Å²) < 4.78 is 24.6. The average molecular weight is 386 g/mol. The standard InChI is InChI=1S/C15H20ClN5O3S/c1-10(2)21-9-11(7-18-21)8-20(3)15(22)19-14-6-12(25(17,23)24)4-5-13(14)16/h4-7,9-10H,8H2,1-3H3,(H,19,22)(H2,17,23,24). The summed E-state index contributed by atoms with van der Waals surface area (Å²) in [4.78, 5) is 13.6. The second kappa shape index (κ2) is 7.42. The lowest BCUT2D eigenvalue weighted by atomic mass is 10.3. The van der Waals surface area contributed by atoms with E-state index >= 15 is 0 Å². The number of hydrogen-bond acceptors (Lipinski definition) is 4. The van der Waals surface area contributed by atoms with Crippen LogP contribution in [0.3, 0.4) is 0 Å². The van der Waals surface area contributed by atoms with Gasteiger partial charge < -0.3 is 10.2 Å². The van der Waals surface area contributed by atoms with Gasteiger partial charge in [0.05, 0.1) is 28.3 Å². The van der Waals surface area contributed by atoms with Crippen LogP contribution in [0.5, 0.6) is 0 Å². The molecule has 0 fully saturated rings. The maximum atomic E-state index is 12.3. The van der Waals surface area contributed by atoms with Crippen LogP contribution in [0.15, 0.2) is 35.5 Å². The molecule has 0 aliphatic rings. The van der Waals surface area contributed by atoms with Gasteiger partial charge in [-0.15, -0.1) is 0 Å². The molecule has 0 spiro atoms. The van der Waals surface area contributed by atoms with Gasteiger partial charge in [-0.2, -0.15) is 5.10 Å². The zero-order valence-electron chi connectivity index (χ0n) is 14.1. The number of rotatable bonds is 5. The smallest absolute Gasteiger partial charge is 0.321 e. The molecule has 8 nitrogen and oxygen atoms in total. The molecule has 0 saturated heterocycles. The minimum absolute atomic E-state index is 0.131. The fourth-order valence-electron chi connectivity index (χ4n) is 2.07. The van der Waals surface area contributed by atoms with Crippen LogP contribution in [-0.2, 0) is 16.6 Å². The van der Waals surface area contributed by atoms with Crippen molar-refractivity contribution >= 4 is 33.3 Å². The third-order valence-corrected chi connectivity index (χ3v) is 4.70. The molecule has 0 aliphatic carbocycles. The topological polar surface area (TPSA) is 110 Å². The zero-order chi connectivity index (χ0) is 18.8. The number of benzene rings is 1. The Balaban J connectivity index is 2.10. The third kappa shape index (κ3) is 4.94. The molecule has 0 unspecified atom stereocenters. The molecular weight excluding hydrogens is 366 g/mol. The summed E-state index contributed by atoms with van der Waals surface area (Å²) in [5.41, 5.74) is 1.04. The molecule has 0 radical (unpaired) electrons. The number of aromatic nitrogens is 2. The van der Waals surface area contributed by atoms with Crippen molar-refractivity contribution in [1.82, 2.24) is 14.7 Å². The van der Waals surface area contributed by atoms with Crippen LogP contribution in [0.2, 0.25) is 5.02 Å². The van der Waals surface area contributed by atoms with E-state index in [4.69, 9.17) is 16.7 Å². The first-order valence-corrected chi connectivity index (χ1v) is 9.38. The van der Waals surface area contributed by atoms with Crippen LogP contribution in [-0.4, -0.2) is 36.2 Å². The van der Waals surface area contributed by atoms with Crippen molar-refractivity contribution < 1.29 is 13.2 Å². The Kier molecular flexibility index (Phi) is 5.71. The molecule has 25 heavy (non-hydrogen) atoms. The van der Waals surface area contributed by atoms with E-state index in [0.29, 0.717) is 6.54 Å². The van der Waals surface area contributed by atoms with Gasteiger partial charge in [-0.25, -0.2) is 18.4 Å². The molecule has 1 heterocycles. The van der Waals surface area contributed by atoms with E-state index in [1.165, 1.54) is 23.1 Å². The van der Waals surface area contributed by atoms with E-state index in [1.807, 2.05) is 20.0 Å². The van der Waals surface area contributed by atoms with E-state index in [1.54, 1.807) is 17.9 Å². The number of nitrogens with two attached hydrogens (primary N) is 1. The van der Waals surface area contributed by atoms with Crippen molar-refractivity contribution in [1.29, 1.82) is 0 Å². The van der Waals surface area contributed by atoms with Gasteiger partial charge in [0.1, 0.15) is 0 Å². The number of carbonyl (C=O) groups is 1. The SMILES string of the molecule is CC(C)n1cc(CN(C)C(=O)Nc2cc(S(N)(=O)=O)ccc2Cl)cn1. The summed E-state index contributed by atoms with van der Waals surface area (Å²) in [5, 5.41) is 12.1. The highest BCUT2D eigenvalue weighted by molar-refractivity contribution is 7.89. The van der Waals surface area contributed by atoms with Gasteiger partial charge in [0.25, 0.3) is 0 Å². The summed E-state index contributed by atoms with van der Waals surface area (Å²) in [6, 6.07) is 3.65. The molecular formula is C15H20ClN5O3S. The number of primary sulfonamides is 1. The molecule has 1 aromatic heterocycles. The Morgan fingerprint density at radius 1 is 1.44 bits per heavy atom. The maximum absolute atomic E-state index is 12.3. The fraction of sp³-hybridized carbons (Fsp3) is 0.333. The monoisotopic (exact) mass is 385 g/mol. The lowest BCUT2D eigenvalue weighted by Gasteiger charge is -2.18. The minimum atomic E-state index is -3.89. The Hall–Kier alpha value is -2.10. The third-order valence-electron chi connectivity index (χ3n) is 3.46. The Morgan fingerprint density at radius 2 is 2.12 bits per heavy atom. The molecule has 1 aromatic carbocycles. The Morgan fingerprint density at radius 3 is 2.68 bits per heavy atom. The number of urea groups is 1. The van der Waals surface area contributed by atoms with Crippen molar-refractivity contribution in [2.45, 2.75) is 31.3 Å². The van der Waals surface area contributed by atoms with Gasteiger partial charge in [-0.1, -0.05) is 11.6 Å². The Bertz CT molecular complexity index is 879. The van der Waals surface area contributed by atoms with Crippen LogP contribution in [0.1, 0.15) is 25.5 Å². The lowest BCUT2D eigenvalue weighted by Crippen LogP contribution is -2.31. The first-order valence-electron chi connectivity index (χ1n) is 7.45.